The van der Waals surface area contributed by atoms with E-state index >= 15 is 0 Å². The summed E-state index contributed by atoms with van der Waals surface area (Å²) in [5.74, 6) is 0.541. The number of halogens is 3. The van der Waals surface area contributed by atoms with E-state index in [0.717, 1.165) is 33.9 Å². The van der Waals surface area contributed by atoms with Crippen molar-refractivity contribution in [3.63, 3.8) is 0 Å². The smallest absolute Gasteiger partial charge is 0.323 e. The van der Waals surface area contributed by atoms with Gasteiger partial charge in [-0.15, -0.1) is 0 Å². The van der Waals surface area contributed by atoms with Crippen molar-refractivity contribution in [1.82, 2.24) is 19.7 Å². The third-order valence-electron chi connectivity index (χ3n) is 4.87. The van der Waals surface area contributed by atoms with Gasteiger partial charge in [-0.1, -0.05) is 17.7 Å². The first-order valence-corrected chi connectivity index (χ1v) is 9.32. The van der Waals surface area contributed by atoms with Crippen molar-refractivity contribution >= 4 is 0 Å². The highest BCUT2D eigenvalue weighted by atomic mass is 19.4. The number of H-pyrrole nitrogens is 1. The Kier molecular flexibility index (Phi) is 4.72. The Hall–Kier alpha value is -3.42. The van der Waals surface area contributed by atoms with E-state index in [2.05, 4.69) is 33.6 Å². The maximum absolute atomic E-state index is 13.0. The van der Waals surface area contributed by atoms with E-state index in [4.69, 9.17) is 0 Å². The van der Waals surface area contributed by atoms with Crippen LogP contribution >= 0.6 is 0 Å². The summed E-state index contributed by atoms with van der Waals surface area (Å²) in [5.41, 5.74) is 4.75. The molecule has 154 valence electrons. The molecule has 0 spiro atoms. The van der Waals surface area contributed by atoms with Gasteiger partial charge in [-0.25, -0.2) is 0 Å². The third kappa shape index (κ3) is 3.72. The van der Waals surface area contributed by atoms with Gasteiger partial charge in [-0.05, 0) is 61.2 Å². The maximum Gasteiger partial charge on any atom is 0.432 e. The molecule has 0 saturated heterocycles. The second-order valence-corrected chi connectivity index (χ2v) is 7.42. The van der Waals surface area contributed by atoms with E-state index < -0.39 is 11.9 Å². The summed E-state index contributed by atoms with van der Waals surface area (Å²) in [7, 11) is 1.83. The summed E-state index contributed by atoms with van der Waals surface area (Å²) in [5, 5.41) is 5.92. The molecule has 8 heteroatoms. The number of rotatable bonds is 3. The first kappa shape index (κ1) is 19.9. The summed E-state index contributed by atoms with van der Waals surface area (Å²) in [6.07, 6.45) is 2.18. The van der Waals surface area contributed by atoms with Gasteiger partial charge in [0.15, 0.2) is 0 Å². The number of benzene rings is 1. The number of imidazole rings is 1. The van der Waals surface area contributed by atoms with Crippen molar-refractivity contribution in [2.75, 3.05) is 0 Å². The van der Waals surface area contributed by atoms with Gasteiger partial charge in [-0.2, -0.15) is 18.3 Å². The second kappa shape index (κ2) is 7.12. The number of alkyl halides is 3. The molecule has 0 aliphatic heterocycles. The van der Waals surface area contributed by atoms with Gasteiger partial charge in [-0.3, -0.25) is 10.1 Å². The number of hydrogen-bond donors (Lipinski definition) is 1. The van der Waals surface area contributed by atoms with E-state index in [-0.39, 0.29) is 5.69 Å². The van der Waals surface area contributed by atoms with Crippen LogP contribution in [0.25, 0.3) is 28.3 Å². The fourth-order valence-corrected chi connectivity index (χ4v) is 3.68. The van der Waals surface area contributed by atoms with E-state index in [1.807, 2.05) is 40.1 Å². The topological polar surface area (TPSA) is 50.4 Å². The Bertz CT molecular complexity index is 1210. The predicted octanol–water partition coefficient (Wildman–Crippen LogP) is 4.50. The van der Waals surface area contributed by atoms with Gasteiger partial charge in [0, 0.05) is 12.4 Å². The predicted molar refractivity (Wildman–Crippen MR) is 106 cm³/mol. The average molecular weight is 411 g/mol. The minimum atomic E-state index is -4.50. The molecule has 0 unspecified atom stereocenters. The van der Waals surface area contributed by atoms with Crippen LogP contribution in [0.3, 0.4) is 0 Å². The molecule has 1 aromatic carbocycles. The van der Waals surface area contributed by atoms with Gasteiger partial charge in [0.25, 0.3) is 0 Å². The molecular weight excluding hydrogens is 391 g/mol. The number of nitrogens with one attached hydrogen (secondary N) is 1. The summed E-state index contributed by atoms with van der Waals surface area (Å²) in [6, 6.07) is 8.82. The summed E-state index contributed by atoms with van der Waals surface area (Å²) in [4.78, 5) is 4.55. The van der Waals surface area contributed by atoms with Crippen LogP contribution in [0.5, 0.6) is 0 Å². The van der Waals surface area contributed by atoms with Crippen LogP contribution in [-0.4, -0.2) is 19.7 Å². The standard InChI is InChI=1S/C22H20F3N5/c1-13-7-14(2)21(15(3)8-13)16-9-17(18-11-19(28-27-18)22(23,24)25)26-20(10-16)30-6-5-29(4)12-30/h5-11H,1-4H3,(H,27,28). The van der Waals surface area contributed by atoms with Crippen molar-refractivity contribution in [3.8, 4) is 28.3 Å². The Labute approximate surface area is 171 Å². The van der Waals surface area contributed by atoms with E-state index in [1.54, 1.807) is 21.4 Å². The summed E-state index contributed by atoms with van der Waals surface area (Å²) < 4.78 is 42.6. The Morgan fingerprint density at radius 2 is 1.70 bits per heavy atom. The molecule has 0 radical (unpaired) electrons. The molecule has 30 heavy (non-hydrogen) atoms. The lowest BCUT2D eigenvalue weighted by atomic mass is 9.93. The fourth-order valence-electron chi connectivity index (χ4n) is 3.68. The molecule has 4 rings (SSSR count). The zero-order chi connectivity index (χ0) is 21.6. The van der Waals surface area contributed by atoms with Gasteiger partial charge >= 0.3 is 6.18 Å². The van der Waals surface area contributed by atoms with E-state index in [0.29, 0.717) is 11.5 Å². The zero-order valence-electron chi connectivity index (χ0n) is 17.0. The average Bonchev–Trinajstić information content (AvgIpc) is 3.29. The highest BCUT2D eigenvalue weighted by Gasteiger charge is 2.33. The van der Waals surface area contributed by atoms with Crippen molar-refractivity contribution in [1.29, 1.82) is 0 Å². The van der Waals surface area contributed by atoms with Crippen molar-refractivity contribution in [3.05, 3.63) is 71.4 Å². The monoisotopic (exact) mass is 411 g/mol. The van der Waals surface area contributed by atoms with Gasteiger partial charge < -0.3 is 9.13 Å². The lowest BCUT2D eigenvalue weighted by Gasteiger charge is -2.14. The van der Waals surface area contributed by atoms with Crippen LogP contribution in [0.4, 0.5) is 13.2 Å². The number of pyridine rings is 1. The Balaban J connectivity index is 1.93. The van der Waals surface area contributed by atoms with Crippen molar-refractivity contribution in [2.45, 2.75) is 26.9 Å². The van der Waals surface area contributed by atoms with E-state index in [1.165, 1.54) is 0 Å². The van der Waals surface area contributed by atoms with Gasteiger partial charge in [0.2, 0.25) is 6.33 Å². The largest absolute Gasteiger partial charge is 0.432 e. The van der Waals surface area contributed by atoms with Crippen LogP contribution in [0.15, 0.2) is 42.7 Å². The molecule has 0 fully saturated rings. The summed E-state index contributed by atoms with van der Waals surface area (Å²) >= 11 is 0. The van der Waals surface area contributed by atoms with Gasteiger partial charge in [0.1, 0.15) is 17.2 Å². The lowest BCUT2D eigenvalue weighted by Crippen LogP contribution is -2.24. The highest BCUT2D eigenvalue weighted by molar-refractivity contribution is 5.76. The van der Waals surface area contributed by atoms with Crippen LogP contribution in [0.2, 0.25) is 0 Å². The number of aryl methyl sites for hydroxylation is 4. The minimum absolute atomic E-state index is 0.129. The van der Waals surface area contributed by atoms with Crippen LogP contribution in [-0.2, 0) is 13.2 Å². The normalized spacial score (nSPS) is 11.8. The quantitative estimate of drug-likeness (QED) is 0.399. The lowest BCUT2D eigenvalue weighted by molar-refractivity contribution is -0.674. The highest BCUT2D eigenvalue weighted by Crippen LogP contribution is 2.34. The number of nitrogens with zero attached hydrogens (tertiary/aromatic N) is 4. The first-order valence-electron chi connectivity index (χ1n) is 9.32. The number of aromatic amines is 1. The minimum Gasteiger partial charge on any atom is -0.323 e. The number of hydrogen-bond acceptors (Lipinski definition) is 2. The molecule has 0 bridgehead atoms. The van der Waals surface area contributed by atoms with Crippen LogP contribution in [0.1, 0.15) is 22.4 Å². The molecule has 4 aromatic rings. The van der Waals surface area contributed by atoms with E-state index in [9.17, 15) is 13.2 Å². The Morgan fingerprint density at radius 3 is 2.27 bits per heavy atom. The SMILES string of the molecule is Cc1cc(C)c(-c2cc(-c3cc(C(F)(F)F)[nH]n3)nc(-n3[c-][n+](C)cc3)c2)c(C)c1. The molecular formula is C22H20F3N5. The van der Waals surface area contributed by atoms with Crippen molar-refractivity contribution in [2.24, 2.45) is 7.05 Å². The molecule has 0 atom stereocenters. The molecule has 3 aromatic heterocycles. The molecule has 0 amide bonds. The Morgan fingerprint density at radius 1 is 1.00 bits per heavy atom. The maximum atomic E-state index is 13.0. The number of aromatic nitrogens is 5. The van der Waals surface area contributed by atoms with Gasteiger partial charge in [0.05, 0.1) is 12.7 Å². The zero-order valence-corrected chi connectivity index (χ0v) is 17.0. The molecule has 0 aliphatic carbocycles. The van der Waals surface area contributed by atoms with Crippen LogP contribution < -0.4 is 4.57 Å². The van der Waals surface area contributed by atoms with Crippen molar-refractivity contribution < 1.29 is 17.7 Å². The second-order valence-electron chi connectivity index (χ2n) is 7.42. The third-order valence-corrected chi connectivity index (χ3v) is 4.87. The molecule has 3 heterocycles. The first-order chi connectivity index (χ1) is 14.1. The molecule has 0 saturated carbocycles. The summed E-state index contributed by atoms with van der Waals surface area (Å²) in [6.45, 7) is 6.07. The fraction of sp³-hybridized carbons (Fsp3) is 0.227. The molecule has 5 nitrogen and oxygen atoms in total. The van der Waals surface area contributed by atoms with Crippen LogP contribution in [0, 0.1) is 27.1 Å². The molecule has 1 N–H and O–H groups in total. The molecule has 0 aliphatic rings.